The zero-order chi connectivity index (χ0) is 10.2. The molecule has 1 aromatic rings. The van der Waals surface area contributed by atoms with Crippen molar-refractivity contribution >= 4 is 27.5 Å². The minimum absolute atomic E-state index is 0.701. The van der Waals surface area contributed by atoms with Gasteiger partial charge in [-0.3, -0.25) is 0 Å². The molecule has 1 aromatic carbocycles. The molecule has 78 valence electrons. The van der Waals surface area contributed by atoms with E-state index in [1.807, 2.05) is 18.2 Å². The van der Waals surface area contributed by atoms with Crippen molar-refractivity contribution in [2.45, 2.75) is 12.8 Å². The van der Waals surface area contributed by atoms with E-state index in [1.165, 1.54) is 5.56 Å². The molecular weight excluding hydrogens is 263 g/mol. The average molecular weight is 278 g/mol. The predicted molar refractivity (Wildman–Crippen MR) is 64.8 cm³/mol. The third-order valence-electron chi connectivity index (χ3n) is 1.89. The number of aryl methyl sites for hydroxylation is 1. The molecule has 0 radical (unpaired) electrons. The summed E-state index contributed by atoms with van der Waals surface area (Å²) in [7, 11) is 0. The minimum atomic E-state index is 0.701. The van der Waals surface area contributed by atoms with E-state index in [-0.39, 0.29) is 0 Å². The topological polar surface area (TPSA) is 9.23 Å². The standard InChI is InChI=1S/C11H14BrClO/c12-7-9-14-11-6-2-1-4-10(11)5-3-8-13/h1-2,4,6H,3,5,7-9H2. The van der Waals surface area contributed by atoms with Gasteiger partial charge >= 0.3 is 0 Å². The number of hydrogen-bond donors (Lipinski definition) is 0. The smallest absolute Gasteiger partial charge is 0.122 e. The quantitative estimate of drug-likeness (QED) is 0.722. The van der Waals surface area contributed by atoms with Gasteiger partial charge in [-0.15, -0.1) is 11.6 Å². The molecule has 0 saturated carbocycles. The number of benzene rings is 1. The number of halogens is 2. The Hall–Kier alpha value is -0.210. The largest absolute Gasteiger partial charge is 0.492 e. The van der Waals surface area contributed by atoms with Gasteiger partial charge in [0.25, 0.3) is 0 Å². The van der Waals surface area contributed by atoms with Gasteiger partial charge in [-0.25, -0.2) is 0 Å². The maximum absolute atomic E-state index is 5.66. The van der Waals surface area contributed by atoms with Gasteiger partial charge < -0.3 is 4.74 Å². The fourth-order valence-electron chi connectivity index (χ4n) is 1.26. The normalized spacial score (nSPS) is 10.1. The number of para-hydroxylation sites is 1. The molecule has 0 N–H and O–H groups in total. The van der Waals surface area contributed by atoms with Crippen LogP contribution < -0.4 is 4.74 Å². The maximum atomic E-state index is 5.66. The Morgan fingerprint density at radius 1 is 1.29 bits per heavy atom. The number of rotatable bonds is 6. The summed E-state index contributed by atoms with van der Waals surface area (Å²) in [5, 5.41) is 0.858. The van der Waals surface area contributed by atoms with Crippen LogP contribution in [0, 0.1) is 0 Å². The van der Waals surface area contributed by atoms with Crippen molar-refractivity contribution in [3.05, 3.63) is 29.8 Å². The molecule has 1 rings (SSSR count). The van der Waals surface area contributed by atoms with E-state index < -0.39 is 0 Å². The van der Waals surface area contributed by atoms with Gasteiger partial charge in [0.15, 0.2) is 0 Å². The van der Waals surface area contributed by atoms with Gasteiger partial charge in [0.05, 0.1) is 6.61 Å². The number of ether oxygens (including phenoxy) is 1. The number of alkyl halides is 2. The van der Waals surface area contributed by atoms with Crippen LogP contribution >= 0.6 is 27.5 Å². The van der Waals surface area contributed by atoms with Crippen LogP contribution in [0.4, 0.5) is 0 Å². The lowest BCUT2D eigenvalue weighted by molar-refractivity contribution is 0.341. The summed E-state index contributed by atoms with van der Waals surface area (Å²) in [6.45, 7) is 0.706. The average Bonchev–Trinajstić information content (AvgIpc) is 2.24. The first-order valence-electron chi connectivity index (χ1n) is 4.71. The molecule has 3 heteroatoms. The molecule has 0 aliphatic carbocycles. The summed E-state index contributed by atoms with van der Waals surface area (Å²) >= 11 is 9.00. The van der Waals surface area contributed by atoms with E-state index in [9.17, 15) is 0 Å². The second kappa shape index (κ2) is 7.13. The van der Waals surface area contributed by atoms with E-state index in [4.69, 9.17) is 16.3 Å². The summed E-state index contributed by atoms with van der Waals surface area (Å²) < 4.78 is 5.59. The van der Waals surface area contributed by atoms with Crippen molar-refractivity contribution in [1.29, 1.82) is 0 Å². The second-order valence-electron chi connectivity index (χ2n) is 2.94. The van der Waals surface area contributed by atoms with Crippen molar-refractivity contribution < 1.29 is 4.74 Å². The highest BCUT2D eigenvalue weighted by molar-refractivity contribution is 9.09. The van der Waals surface area contributed by atoms with Crippen LogP contribution in [0.25, 0.3) is 0 Å². The molecule has 0 atom stereocenters. The Kier molecular flexibility index (Phi) is 6.04. The van der Waals surface area contributed by atoms with Gasteiger partial charge in [0.2, 0.25) is 0 Å². The highest BCUT2D eigenvalue weighted by Crippen LogP contribution is 2.19. The minimum Gasteiger partial charge on any atom is -0.492 e. The summed E-state index contributed by atoms with van der Waals surface area (Å²) in [5.41, 5.74) is 1.24. The first-order valence-corrected chi connectivity index (χ1v) is 6.36. The van der Waals surface area contributed by atoms with E-state index >= 15 is 0 Å². The fourth-order valence-corrected chi connectivity index (χ4v) is 1.55. The summed E-state index contributed by atoms with van der Waals surface area (Å²) in [6.07, 6.45) is 1.98. The van der Waals surface area contributed by atoms with E-state index in [0.29, 0.717) is 12.5 Å². The van der Waals surface area contributed by atoms with E-state index in [0.717, 1.165) is 23.9 Å². The fraction of sp³-hybridized carbons (Fsp3) is 0.455. The van der Waals surface area contributed by atoms with Crippen molar-refractivity contribution in [3.63, 3.8) is 0 Å². The highest BCUT2D eigenvalue weighted by Gasteiger charge is 2.01. The zero-order valence-electron chi connectivity index (χ0n) is 8.01. The molecule has 0 aromatic heterocycles. The molecular formula is C11H14BrClO. The molecule has 0 fully saturated rings. The van der Waals surface area contributed by atoms with Crippen molar-refractivity contribution in [1.82, 2.24) is 0 Å². The van der Waals surface area contributed by atoms with Gasteiger partial charge in [0.1, 0.15) is 5.75 Å². The first-order chi connectivity index (χ1) is 6.88. The second-order valence-corrected chi connectivity index (χ2v) is 4.11. The number of hydrogen-bond acceptors (Lipinski definition) is 1. The van der Waals surface area contributed by atoms with Crippen molar-refractivity contribution in [2.75, 3.05) is 17.8 Å². The first kappa shape index (κ1) is 11.9. The van der Waals surface area contributed by atoms with Gasteiger partial charge in [-0.2, -0.15) is 0 Å². The molecule has 0 heterocycles. The van der Waals surface area contributed by atoms with Crippen LogP contribution in [0.3, 0.4) is 0 Å². The third kappa shape index (κ3) is 3.89. The van der Waals surface area contributed by atoms with Crippen molar-refractivity contribution in [3.8, 4) is 5.75 Å². The monoisotopic (exact) mass is 276 g/mol. The maximum Gasteiger partial charge on any atom is 0.122 e. The molecule has 0 bridgehead atoms. The Labute approximate surface area is 98.5 Å². The van der Waals surface area contributed by atoms with Crippen LogP contribution in [0.15, 0.2) is 24.3 Å². The Balaban J connectivity index is 2.60. The van der Waals surface area contributed by atoms with Gasteiger partial charge in [0, 0.05) is 11.2 Å². The van der Waals surface area contributed by atoms with Gasteiger partial charge in [-0.1, -0.05) is 34.1 Å². The SMILES string of the molecule is ClCCCc1ccccc1OCCBr. The van der Waals surface area contributed by atoms with Crippen molar-refractivity contribution in [2.24, 2.45) is 0 Å². The molecule has 14 heavy (non-hydrogen) atoms. The Bertz CT molecular complexity index is 238. The Morgan fingerprint density at radius 2 is 2.07 bits per heavy atom. The summed E-state index contributed by atoms with van der Waals surface area (Å²) in [6, 6.07) is 8.13. The van der Waals surface area contributed by atoms with Crippen LogP contribution in [-0.2, 0) is 6.42 Å². The van der Waals surface area contributed by atoms with Crippen LogP contribution in [0.2, 0.25) is 0 Å². The van der Waals surface area contributed by atoms with Gasteiger partial charge in [-0.05, 0) is 24.5 Å². The lowest BCUT2D eigenvalue weighted by atomic mass is 10.1. The van der Waals surface area contributed by atoms with Crippen LogP contribution in [0.1, 0.15) is 12.0 Å². The Morgan fingerprint density at radius 3 is 2.79 bits per heavy atom. The summed E-state index contributed by atoms with van der Waals surface area (Å²) in [5.74, 6) is 1.68. The predicted octanol–water partition coefficient (Wildman–Crippen LogP) is 3.63. The third-order valence-corrected chi connectivity index (χ3v) is 2.48. The zero-order valence-corrected chi connectivity index (χ0v) is 10.4. The van der Waals surface area contributed by atoms with Crippen LogP contribution in [-0.4, -0.2) is 17.8 Å². The molecule has 0 saturated heterocycles. The summed E-state index contributed by atoms with van der Waals surface area (Å²) in [4.78, 5) is 0. The molecule has 0 amide bonds. The molecule has 0 aliphatic heterocycles. The van der Waals surface area contributed by atoms with E-state index in [1.54, 1.807) is 0 Å². The van der Waals surface area contributed by atoms with E-state index in [2.05, 4.69) is 22.0 Å². The van der Waals surface area contributed by atoms with Crippen LogP contribution in [0.5, 0.6) is 5.75 Å². The molecule has 1 nitrogen and oxygen atoms in total. The molecule has 0 aliphatic rings. The lowest BCUT2D eigenvalue weighted by Gasteiger charge is -2.09. The molecule has 0 unspecified atom stereocenters. The lowest BCUT2D eigenvalue weighted by Crippen LogP contribution is -2.01. The molecule has 0 spiro atoms. The highest BCUT2D eigenvalue weighted by atomic mass is 79.9.